The van der Waals surface area contributed by atoms with E-state index in [1.165, 1.54) is 10.2 Å². The predicted molar refractivity (Wildman–Crippen MR) is 123 cm³/mol. The fraction of sp³-hybridized carbons (Fsp3) is 0.286. The van der Waals surface area contributed by atoms with Crippen molar-refractivity contribution in [2.75, 3.05) is 39.5 Å². The van der Waals surface area contributed by atoms with Gasteiger partial charge in [0.25, 0.3) is 0 Å². The van der Waals surface area contributed by atoms with Gasteiger partial charge in [0.15, 0.2) is 4.96 Å². The van der Waals surface area contributed by atoms with Crippen molar-refractivity contribution in [1.82, 2.24) is 14.3 Å². The van der Waals surface area contributed by atoms with E-state index < -0.39 is 0 Å². The number of hydrogen-bond donors (Lipinski definition) is 0. The van der Waals surface area contributed by atoms with E-state index in [4.69, 9.17) is 14.5 Å². The molecule has 3 heterocycles. The summed E-state index contributed by atoms with van der Waals surface area (Å²) in [7, 11) is 0. The molecule has 0 amide bonds. The lowest BCUT2D eigenvalue weighted by molar-refractivity contribution is 0.0322. The van der Waals surface area contributed by atoms with Crippen LogP contribution in [0.25, 0.3) is 26.4 Å². The molecule has 8 heteroatoms. The Bertz CT molecular complexity index is 1080. The molecule has 2 aromatic carbocycles. The molecule has 0 saturated carbocycles. The Morgan fingerprint density at radius 1 is 1.03 bits per heavy atom. The minimum Gasteiger partial charge on any atom is -0.492 e. The molecule has 1 saturated heterocycles. The molecule has 154 valence electrons. The van der Waals surface area contributed by atoms with Gasteiger partial charge in [-0.05, 0) is 24.3 Å². The first-order chi connectivity index (χ1) is 13.4. The zero-order valence-corrected chi connectivity index (χ0v) is 18.3. The van der Waals surface area contributed by atoms with Gasteiger partial charge in [-0.2, -0.15) is 0 Å². The largest absolute Gasteiger partial charge is 0.492 e. The first-order valence-electron chi connectivity index (χ1n) is 9.27. The molecule has 2 aromatic heterocycles. The average Bonchev–Trinajstić information content (AvgIpc) is 3.27. The van der Waals surface area contributed by atoms with Crippen LogP contribution >= 0.6 is 36.2 Å². The first kappa shape index (κ1) is 21.9. The zero-order chi connectivity index (χ0) is 18.1. The van der Waals surface area contributed by atoms with E-state index >= 15 is 0 Å². The van der Waals surface area contributed by atoms with Crippen LogP contribution in [-0.4, -0.2) is 53.7 Å². The predicted octanol–water partition coefficient (Wildman–Crippen LogP) is 4.77. The molecule has 0 N–H and O–H groups in total. The second kappa shape index (κ2) is 9.78. The lowest BCUT2D eigenvalue weighted by atomic mass is 10.1. The van der Waals surface area contributed by atoms with Crippen LogP contribution in [0.4, 0.5) is 0 Å². The van der Waals surface area contributed by atoms with Crippen LogP contribution in [0.2, 0.25) is 0 Å². The molecule has 4 aromatic rings. The number of halogens is 2. The van der Waals surface area contributed by atoms with Gasteiger partial charge >= 0.3 is 0 Å². The summed E-state index contributed by atoms with van der Waals surface area (Å²) < 4.78 is 14.8. The Kier molecular flexibility index (Phi) is 7.38. The number of nitrogens with zero attached hydrogens (tertiary/aromatic N) is 3. The maximum atomic E-state index is 5.98. The number of rotatable bonds is 5. The Labute approximate surface area is 186 Å². The Balaban J connectivity index is 0.00000120. The van der Waals surface area contributed by atoms with Crippen LogP contribution in [-0.2, 0) is 4.74 Å². The fourth-order valence-electron chi connectivity index (χ4n) is 3.45. The van der Waals surface area contributed by atoms with Crippen molar-refractivity contribution in [3.8, 4) is 17.0 Å². The molecule has 1 aliphatic rings. The highest BCUT2D eigenvalue weighted by molar-refractivity contribution is 7.23. The molecule has 5 nitrogen and oxygen atoms in total. The van der Waals surface area contributed by atoms with Gasteiger partial charge in [-0.3, -0.25) is 9.30 Å². The average molecular weight is 452 g/mol. The number of ether oxygens (including phenoxy) is 2. The minimum atomic E-state index is 0. The molecule has 0 radical (unpaired) electrons. The summed E-state index contributed by atoms with van der Waals surface area (Å²) in [4.78, 5) is 8.21. The number of para-hydroxylation sites is 1. The highest BCUT2D eigenvalue weighted by Crippen LogP contribution is 2.30. The lowest BCUT2D eigenvalue weighted by Crippen LogP contribution is -2.38. The van der Waals surface area contributed by atoms with Crippen LogP contribution in [0, 0.1) is 0 Å². The number of morpholine rings is 1. The van der Waals surface area contributed by atoms with Crippen molar-refractivity contribution in [1.29, 1.82) is 0 Å². The number of aromatic nitrogens is 2. The number of thiazole rings is 1. The zero-order valence-electron chi connectivity index (χ0n) is 15.8. The Morgan fingerprint density at radius 2 is 1.86 bits per heavy atom. The number of hydrogen-bond acceptors (Lipinski definition) is 5. The number of imidazole rings is 1. The molecule has 29 heavy (non-hydrogen) atoms. The van der Waals surface area contributed by atoms with E-state index in [-0.39, 0.29) is 24.8 Å². The first-order valence-corrected chi connectivity index (χ1v) is 10.1. The Morgan fingerprint density at radius 3 is 2.72 bits per heavy atom. The molecule has 0 spiro atoms. The third kappa shape index (κ3) is 4.68. The molecule has 1 fully saturated rings. The summed E-state index contributed by atoms with van der Waals surface area (Å²) in [6.07, 6.45) is 2.11. The minimum absolute atomic E-state index is 0. The monoisotopic (exact) mass is 451 g/mol. The maximum absolute atomic E-state index is 5.98. The molecule has 0 unspecified atom stereocenters. The fourth-order valence-corrected chi connectivity index (χ4v) is 4.46. The van der Waals surface area contributed by atoms with Gasteiger partial charge in [0.1, 0.15) is 12.4 Å². The number of fused-ring (bicyclic) bond motifs is 3. The van der Waals surface area contributed by atoms with Gasteiger partial charge < -0.3 is 9.47 Å². The Hall–Kier alpha value is -1.83. The number of benzene rings is 2. The van der Waals surface area contributed by atoms with E-state index in [9.17, 15) is 0 Å². The normalized spacial score (nSPS) is 14.5. The second-order valence-corrected chi connectivity index (χ2v) is 7.69. The summed E-state index contributed by atoms with van der Waals surface area (Å²) in [5.74, 6) is 0.891. The van der Waals surface area contributed by atoms with Crippen LogP contribution in [0.5, 0.6) is 5.75 Å². The standard InChI is InChI=1S/C21H21N3O2S.2ClH/c1-2-7-20-19(6-1)24-15-18(22-21(24)27-20)16-4-3-5-17(14-16)26-13-10-23-8-11-25-12-9-23;;/h1-7,14-15H,8-13H2;2*1H. The van der Waals surface area contributed by atoms with Crippen molar-refractivity contribution in [3.05, 3.63) is 54.7 Å². The SMILES string of the molecule is Cl.Cl.c1cc(OCCN2CCOCC2)cc(-c2cn3c(n2)sc2ccccc23)c1. The van der Waals surface area contributed by atoms with Crippen molar-refractivity contribution in [2.24, 2.45) is 0 Å². The molecule has 5 rings (SSSR count). The summed E-state index contributed by atoms with van der Waals surface area (Å²) in [6, 6.07) is 16.6. The van der Waals surface area contributed by atoms with E-state index in [1.807, 2.05) is 12.1 Å². The summed E-state index contributed by atoms with van der Waals surface area (Å²) >= 11 is 1.72. The molecule has 1 aliphatic heterocycles. The summed E-state index contributed by atoms with van der Waals surface area (Å²) in [5.41, 5.74) is 3.26. The summed E-state index contributed by atoms with van der Waals surface area (Å²) in [6.45, 7) is 5.24. The summed E-state index contributed by atoms with van der Waals surface area (Å²) in [5, 5.41) is 0. The van der Waals surface area contributed by atoms with Crippen LogP contribution in [0.15, 0.2) is 54.7 Å². The van der Waals surface area contributed by atoms with E-state index in [0.717, 1.165) is 54.8 Å². The van der Waals surface area contributed by atoms with Crippen LogP contribution < -0.4 is 4.74 Å². The molecule has 0 atom stereocenters. The van der Waals surface area contributed by atoms with Crippen molar-refractivity contribution in [2.45, 2.75) is 0 Å². The maximum Gasteiger partial charge on any atom is 0.195 e. The van der Waals surface area contributed by atoms with Gasteiger partial charge in [-0.25, -0.2) is 4.98 Å². The highest BCUT2D eigenvalue weighted by Gasteiger charge is 2.12. The van der Waals surface area contributed by atoms with E-state index in [0.29, 0.717) is 6.61 Å². The van der Waals surface area contributed by atoms with Crippen molar-refractivity contribution >= 4 is 51.3 Å². The topological polar surface area (TPSA) is 39.0 Å². The lowest BCUT2D eigenvalue weighted by Gasteiger charge is -2.26. The van der Waals surface area contributed by atoms with Gasteiger partial charge in [-0.15, -0.1) is 24.8 Å². The van der Waals surface area contributed by atoms with E-state index in [1.54, 1.807) is 11.3 Å². The molecular formula is C21H23Cl2N3O2S. The second-order valence-electron chi connectivity index (χ2n) is 6.68. The van der Waals surface area contributed by atoms with E-state index in [2.05, 4.69) is 51.9 Å². The van der Waals surface area contributed by atoms with Gasteiger partial charge in [-0.1, -0.05) is 35.6 Å². The van der Waals surface area contributed by atoms with Gasteiger partial charge in [0, 0.05) is 31.4 Å². The van der Waals surface area contributed by atoms with Crippen LogP contribution in [0.1, 0.15) is 0 Å². The highest BCUT2D eigenvalue weighted by atomic mass is 35.5. The van der Waals surface area contributed by atoms with Gasteiger partial charge in [0.2, 0.25) is 0 Å². The van der Waals surface area contributed by atoms with Crippen LogP contribution in [0.3, 0.4) is 0 Å². The van der Waals surface area contributed by atoms with Crippen molar-refractivity contribution < 1.29 is 9.47 Å². The molecule has 0 bridgehead atoms. The van der Waals surface area contributed by atoms with Gasteiger partial charge in [0.05, 0.1) is 29.1 Å². The van der Waals surface area contributed by atoms with Crippen molar-refractivity contribution in [3.63, 3.8) is 0 Å². The quantitative estimate of drug-likeness (QED) is 0.437. The smallest absolute Gasteiger partial charge is 0.195 e. The molecular weight excluding hydrogens is 429 g/mol. The third-order valence-electron chi connectivity index (χ3n) is 4.91. The third-order valence-corrected chi connectivity index (χ3v) is 5.95. The molecule has 0 aliphatic carbocycles.